The number of nitrogens with one attached hydrogen (secondary N) is 1. The van der Waals surface area contributed by atoms with E-state index in [-0.39, 0.29) is 22.8 Å². The van der Waals surface area contributed by atoms with Crippen LogP contribution in [0.25, 0.3) is 11.0 Å². The van der Waals surface area contributed by atoms with Crippen LogP contribution in [0.4, 0.5) is 0 Å². The van der Waals surface area contributed by atoms with Gasteiger partial charge in [-0.05, 0) is 12.5 Å². The van der Waals surface area contributed by atoms with E-state index in [9.17, 15) is 19.8 Å². The van der Waals surface area contributed by atoms with Crippen LogP contribution in [0.5, 0.6) is 5.75 Å². The number of nitrogens with zero attached hydrogens (tertiary/aromatic N) is 2. The summed E-state index contributed by atoms with van der Waals surface area (Å²) >= 11 is 0. The third-order valence-corrected chi connectivity index (χ3v) is 3.53. The van der Waals surface area contributed by atoms with Crippen LogP contribution in [-0.2, 0) is 0 Å². The van der Waals surface area contributed by atoms with Crippen LogP contribution >= 0.6 is 0 Å². The second-order valence-corrected chi connectivity index (χ2v) is 4.93. The summed E-state index contributed by atoms with van der Waals surface area (Å²) in [4.78, 5) is 25.5. The Labute approximate surface area is 124 Å². The molecule has 3 aromatic rings. The summed E-state index contributed by atoms with van der Waals surface area (Å²) in [5, 5.41) is 23.3. The number of carboxylic acid groups (broad SMARTS) is 1. The number of aromatic hydroxyl groups is 1. The van der Waals surface area contributed by atoms with Crippen molar-refractivity contribution >= 4 is 17.0 Å². The van der Waals surface area contributed by atoms with Crippen LogP contribution in [0.1, 0.15) is 29.0 Å². The number of pyridine rings is 1. The highest BCUT2D eigenvalue weighted by Crippen LogP contribution is 2.28. The van der Waals surface area contributed by atoms with Crippen molar-refractivity contribution in [3.05, 3.63) is 58.0 Å². The molecule has 0 spiro atoms. The van der Waals surface area contributed by atoms with Crippen molar-refractivity contribution in [3.63, 3.8) is 0 Å². The van der Waals surface area contributed by atoms with Gasteiger partial charge in [0.15, 0.2) is 5.69 Å². The number of aromatic amines is 1. The van der Waals surface area contributed by atoms with Crippen molar-refractivity contribution in [1.29, 1.82) is 0 Å². The lowest BCUT2D eigenvalue weighted by atomic mass is 10.1. The average Bonchev–Trinajstić information content (AvgIpc) is 2.87. The fraction of sp³-hybridized carbons (Fsp3) is 0.133. The number of benzene rings is 1. The van der Waals surface area contributed by atoms with E-state index < -0.39 is 17.3 Å². The smallest absolute Gasteiger partial charge is 0.357 e. The van der Waals surface area contributed by atoms with Gasteiger partial charge in [0, 0.05) is 6.07 Å². The molecular weight excluding hydrogens is 286 g/mol. The van der Waals surface area contributed by atoms with Gasteiger partial charge in [0.2, 0.25) is 0 Å². The fourth-order valence-electron chi connectivity index (χ4n) is 2.45. The molecule has 7 nitrogen and oxygen atoms in total. The lowest BCUT2D eigenvalue weighted by Crippen LogP contribution is -2.12. The molecule has 0 aliphatic heterocycles. The summed E-state index contributed by atoms with van der Waals surface area (Å²) in [6, 6.07) is 9.96. The molecule has 1 atom stereocenters. The highest BCUT2D eigenvalue weighted by Gasteiger charge is 2.23. The van der Waals surface area contributed by atoms with E-state index in [0.29, 0.717) is 0 Å². The van der Waals surface area contributed by atoms with Crippen LogP contribution in [0.3, 0.4) is 0 Å². The topological polar surface area (TPSA) is 108 Å². The normalized spacial score (nSPS) is 12.4. The number of fused-ring (bicyclic) bond motifs is 1. The monoisotopic (exact) mass is 299 g/mol. The lowest BCUT2D eigenvalue weighted by molar-refractivity contribution is 0.0691. The standard InChI is InChI=1S/C15H13N3O4/c1-8(9-5-3-2-4-6-9)18-14-12(13(17-18)15(21)22)10(19)7-11(20)16-14/h2-8H,1H3,(H,21,22)(H2,16,19,20). The number of rotatable bonds is 3. The molecule has 3 N–H and O–H groups in total. The second-order valence-electron chi connectivity index (χ2n) is 4.93. The van der Waals surface area contributed by atoms with Crippen molar-refractivity contribution in [2.24, 2.45) is 0 Å². The number of carbonyl (C=O) groups is 1. The van der Waals surface area contributed by atoms with E-state index in [1.54, 1.807) is 0 Å². The van der Waals surface area contributed by atoms with E-state index >= 15 is 0 Å². The van der Waals surface area contributed by atoms with Gasteiger partial charge in [0.05, 0.1) is 11.4 Å². The summed E-state index contributed by atoms with van der Waals surface area (Å²) in [5.74, 6) is -1.67. The summed E-state index contributed by atoms with van der Waals surface area (Å²) < 4.78 is 1.40. The zero-order valence-corrected chi connectivity index (χ0v) is 11.6. The fourth-order valence-corrected chi connectivity index (χ4v) is 2.45. The van der Waals surface area contributed by atoms with E-state index in [2.05, 4.69) is 10.1 Å². The van der Waals surface area contributed by atoms with Crippen LogP contribution in [0.2, 0.25) is 0 Å². The van der Waals surface area contributed by atoms with Gasteiger partial charge in [-0.3, -0.25) is 4.79 Å². The van der Waals surface area contributed by atoms with Crippen molar-refractivity contribution in [2.75, 3.05) is 0 Å². The third kappa shape index (κ3) is 2.12. The van der Waals surface area contributed by atoms with Gasteiger partial charge in [-0.25, -0.2) is 9.48 Å². The molecule has 0 aliphatic rings. The number of aromatic carboxylic acids is 1. The molecule has 7 heteroatoms. The number of hydrogen-bond acceptors (Lipinski definition) is 4. The molecule has 2 aromatic heterocycles. The van der Waals surface area contributed by atoms with Crippen LogP contribution < -0.4 is 5.56 Å². The predicted molar refractivity (Wildman–Crippen MR) is 79.2 cm³/mol. The van der Waals surface area contributed by atoms with Crippen molar-refractivity contribution in [2.45, 2.75) is 13.0 Å². The highest BCUT2D eigenvalue weighted by atomic mass is 16.4. The van der Waals surface area contributed by atoms with Crippen LogP contribution in [0.15, 0.2) is 41.2 Å². The van der Waals surface area contributed by atoms with Crippen molar-refractivity contribution in [3.8, 4) is 5.75 Å². The molecule has 0 amide bonds. The molecule has 2 heterocycles. The SMILES string of the molecule is CC(c1ccccc1)n1nc(C(=O)O)c2c(O)cc(=O)[nH]c21. The Bertz CT molecular complexity index is 912. The maximum absolute atomic E-state index is 11.6. The first-order chi connectivity index (χ1) is 10.5. The van der Waals surface area contributed by atoms with E-state index in [1.165, 1.54) is 4.68 Å². The number of H-pyrrole nitrogens is 1. The molecule has 0 saturated heterocycles. The zero-order valence-electron chi connectivity index (χ0n) is 11.6. The second kappa shape index (κ2) is 5.03. The molecule has 0 aliphatic carbocycles. The van der Waals surface area contributed by atoms with Gasteiger partial charge < -0.3 is 15.2 Å². The molecule has 1 unspecified atom stereocenters. The molecule has 1 aromatic carbocycles. The largest absolute Gasteiger partial charge is 0.507 e. The maximum atomic E-state index is 11.6. The summed E-state index contributed by atoms with van der Waals surface area (Å²) in [6.07, 6.45) is 0. The molecule has 112 valence electrons. The van der Waals surface area contributed by atoms with Gasteiger partial charge >= 0.3 is 5.97 Å². The minimum atomic E-state index is -1.27. The van der Waals surface area contributed by atoms with Gasteiger partial charge in [-0.1, -0.05) is 30.3 Å². The predicted octanol–water partition coefficient (Wildman–Crippen LogP) is 1.74. The third-order valence-electron chi connectivity index (χ3n) is 3.53. The summed E-state index contributed by atoms with van der Waals surface area (Å²) in [5.41, 5.74) is 0.252. The molecule has 0 bridgehead atoms. The zero-order chi connectivity index (χ0) is 15.9. The van der Waals surface area contributed by atoms with Crippen molar-refractivity contribution in [1.82, 2.24) is 14.8 Å². The summed E-state index contributed by atoms with van der Waals surface area (Å²) in [7, 11) is 0. The number of aromatic nitrogens is 3. The Balaban J connectivity index is 2.31. The maximum Gasteiger partial charge on any atom is 0.357 e. The molecule has 0 fully saturated rings. The first-order valence-corrected chi connectivity index (χ1v) is 6.61. The quantitative estimate of drug-likeness (QED) is 0.682. The highest BCUT2D eigenvalue weighted by molar-refractivity contribution is 6.02. The van der Waals surface area contributed by atoms with Gasteiger partial charge in [0.1, 0.15) is 11.4 Å². The molecule has 3 rings (SSSR count). The molecule has 0 radical (unpaired) electrons. The summed E-state index contributed by atoms with van der Waals surface area (Å²) in [6.45, 7) is 1.83. The van der Waals surface area contributed by atoms with E-state index in [4.69, 9.17) is 0 Å². The Hall–Kier alpha value is -3.09. The first-order valence-electron chi connectivity index (χ1n) is 6.61. The van der Waals surface area contributed by atoms with Gasteiger partial charge in [-0.15, -0.1) is 0 Å². The van der Waals surface area contributed by atoms with Crippen LogP contribution in [0, 0.1) is 0 Å². The van der Waals surface area contributed by atoms with Gasteiger partial charge in [0.25, 0.3) is 5.56 Å². The van der Waals surface area contributed by atoms with E-state index in [1.807, 2.05) is 37.3 Å². The lowest BCUT2D eigenvalue weighted by Gasteiger charge is -2.13. The number of carboxylic acids is 1. The molecule has 22 heavy (non-hydrogen) atoms. The van der Waals surface area contributed by atoms with Gasteiger partial charge in [-0.2, -0.15) is 5.10 Å². The van der Waals surface area contributed by atoms with Crippen molar-refractivity contribution < 1.29 is 15.0 Å². The van der Waals surface area contributed by atoms with Crippen LogP contribution in [-0.4, -0.2) is 30.9 Å². The minimum Gasteiger partial charge on any atom is -0.507 e. The Morgan fingerprint density at radius 3 is 2.64 bits per heavy atom. The first kappa shape index (κ1) is 13.9. The minimum absolute atomic E-state index is 0.0230. The number of hydrogen-bond donors (Lipinski definition) is 3. The molecular formula is C15H13N3O4. The Morgan fingerprint density at radius 1 is 1.32 bits per heavy atom. The average molecular weight is 299 g/mol. The van der Waals surface area contributed by atoms with E-state index in [0.717, 1.165) is 11.6 Å². The Morgan fingerprint density at radius 2 is 2.00 bits per heavy atom. The molecule has 0 saturated carbocycles. The Kier molecular flexibility index (Phi) is 3.17.